The quantitative estimate of drug-likeness (QED) is 0.119. The molecule has 1 atom stereocenters. The molecular weight excluding hydrogens is 820 g/mol. The Morgan fingerprint density at radius 3 is 2.39 bits per heavy atom. The number of hydrogen-bond donors (Lipinski definition) is 3. The van der Waals surface area contributed by atoms with Gasteiger partial charge in [-0.3, -0.25) is 29.4 Å². The standard InChI is InChI=1S/C46H52F3N7O5S/c1-55(25-26-9-11-28(12-10-26)42-53-34-19-36(61-2)33(20-37(34)62-42)51-24-29-5-3-8-38(52-29)46(47,48)49)30-15-17-45(18-16-30)21-27(22-45)23-50-32-7-4-6-31-40(32)44(60)56(43(31)59)35-13-14-39(57)54-41(35)58/h3-8,19-20,26-28,30,35,50-51H,9-18,21-25H2,1-2H3,(H,54,57,58)/t26-,27-,28-,30-,35?,45?. The van der Waals surface area contributed by atoms with E-state index in [-0.39, 0.29) is 25.1 Å². The van der Waals surface area contributed by atoms with Crippen molar-refractivity contribution in [2.45, 2.75) is 108 Å². The predicted octanol–water partition coefficient (Wildman–Crippen LogP) is 8.39. The van der Waals surface area contributed by atoms with Gasteiger partial charge in [0.05, 0.1) is 51.4 Å². The first-order valence-electron chi connectivity index (χ1n) is 21.8. The minimum atomic E-state index is -4.50. The zero-order chi connectivity index (χ0) is 43.3. The molecule has 3 aliphatic carbocycles. The molecule has 2 aliphatic heterocycles. The molecule has 16 heteroatoms. The number of ether oxygens (including phenoxy) is 1. The number of rotatable bonds is 12. The molecule has 5 aliphatic rings. The SMILES string of the molecule is COc1cc2nc([C@H]3CC[C@H](CN(C)[C@H]4CCC5(CC4)C[C@@H](CNc4cccc6c4C(=O)N(C4CCC(=O)NC4=O)C6=O)C5)CC3)sc2cc1NCc1cccc(C(F)(F)F)n1. The maximum absolute atomic E-state index is 13.5. The Bertz CT molecular complexity index is 2380. The molecule has 12 nitrogen and oxygen atoms in total. The summed E-state index contributed by atoms with van der Waals surface area (Å²) in [5.74, 6) is 0.149. The third kappa shape index (κ3) is 8.39. The van der Waals surface area contributed by atoms with Gasteiger partial charge in [0.2, 0.25) is 11.8 Å². The second-order valence-corrected chi connectivity index (χ2v) is 19.2. The van der Waals surface area contributed by atoms with E-state index in [0.717, 1.165) is 77.8 Å². The minimum absolute atomic E-state index is 0.0888. The van der Waals surface area contributed by atoms with Crippen LogP contribution in [-0.4, -0.2) is 82.7 Å². The van der Waals surface area contributed by atoms with Gasteiger partial charge in [0.25, 0.3) is 11.8 Å². The van der Waals surface area contributed by atoms with Crippen molar-refractivity contribution in [2.24, 2.45) is 17.3 Å². The van der Waals surface area contributed by atoms with Crippen LogP contribution in [0.1, 0.15) is 120 Å². The van der Waals surface area contributed by atoms with E-state index in [1.54, 1.807) is 36.6 Å². The van der Waals surface area contributed by atoms with Crippen LogP contribution >= 0.6 is 11.3 Å². The molecule has 62 heavy (non-hydrogen) atoms. The van der Waals surface area contributed by atoms with Gasteiger partial charge in [0.1, 0.15) is 17.5 Å². The summed E-state index contributed by atoms with van der Waals surface area (Å²) in [5.41, 5.74) is 2.54. The van der Waals surface area contributed by atoms with Crippen molar-refractivity contribution in [1.82, 2.24) is 25.1 Å². The van der Waals surface area contributed by atoms with Crippen molar-refractivity contribution in [3.8, 4) is 5.75 Å². The first-order chi connectivity index (χ1) is 29.8. The molecule has 9 rings (SSSR count). The van der Waals surface area contributed by atoms with E-state index in [2.05, 4.69) is 32.9 Å². The highest BCUT2D eigenvalue weighted by Gasteiger charge is 2.48. The average Bonchev–Trinajstić information content (AvgIpc) is 3.78. The molecule has 1 spiro atoms. The maximum Gasteiger partial charge on any atom is 0.433 e. The van der Waals surface area contributed by atoms with Gasteiger partial charge in [-0.1, -0.05) is 12.1 Å². The van der Waals surface area contributed by atoms with E-state index in [4.69, 9.17) is 9.72 Å². The van der Waals surface area contributed by atoms with Crippen molar-refractivity contribution in [3.63, 3.8) is 0 Å². The van der Waals surface area contributed by atoms with Gasteiger partial charge in [-0.2, -0.15) is 13.2 Å². The van der Waals surface area contributed by atoms with E-state index in [0.29, 0.717) is 57.5 Å². The Kier molecular flexibility index (Phi) is 11.5. The number of aromatic nitrogens is 2. The number of nitrogens with zero attached hydrogens (tertiary/aromatic N) is 4. The lowest BCUT2D eigenvalue weighted by molar-refractivity contribution is -0.141. The van der Waals surface area contributed by atoms with E-state index in [1.807, 2.05) is 18.2 Å². The van der Waals surface area contributed by atoms with E-state index < -0.39 is 41.5 Å². The van der Waals surface area contributed by atoms with Crippen LogP contribution in [0, 0.1) is 17.3 Å². The van der Waals surface area contributed by atoms with Gasteiger partial charge in [-0.25, -0.2) is 9.97 Å². The van der Waals surface area contributed by atoms with Crippen LogP contribution in [0.4, 0.5) is 24.5 Å². The predicted molar refractivity (Wildman–Crippen MR) is 229 cm³/mol. The smallest absolute Gasteiger partial charge is 0.433 e. The number of alkyl halides is 3. The average molecular weight is 872 g/mol. The van der Waals surface area contributed by atoms with E-state index in [9.17, 15) is 32.3 Å². The summed E-state index contributed by atoms with van der Waals surface area (Å²) in [6.07, 6.45) is 7.39. The molecule has 3 N–H and O–H groups in total. The van der Waals surface area contributed by atoms with Crippen LogP contribution in [0.2, 0.25) is 0 Å². The van der Waals surface area contributed by atoms with Gasteiger partial charge in [-0.15, -0.1) is 11.3 Å². The van der Waals surface area contributed by atoms with Gasteiger partial charge >= 0.3 is 6.18 Å². The lowest BCUT2D eigenvalue weighted by atomic mass is 9.55. The molecule has 2 aromatic heterocycles. The number of hydrogen-bond acceptors (Lipinski definition) is 11. The summed E-state index contributed by atoms with van der Waals surface area (Å²) in [7, 11) is 3.87. The molecule has 0 radical (unpaired) electrons. The zero-order valence-electron chi connectivity index (χ0n) is 35.0. The van der Waals surface area contributed by atoms with Crippen LogP contribution in [0.15, 0.2) is 48.5 Å². The second kappa shape index (κ2) is 16.9. The van der Waals surface area contributed by atoms with Gasteiger partial charge in [0, 0.05) is 43.2 Å². The minimum Gasteiger partial charge on any atom is -0.495 e. The summed E-state index contributed by atoms with van der Waals surface area (Å²) in [6.45, 7) is 1.95. The second-order valence-electron chi connectivity index (χ2n) is 18.2. The molecule has 328 valence electrons. The Hall–Kier alpha value is -5.09. The Morgan fingerprint density at radius 1 is 0.903 bits per heavy atom. The molecule has 2 aromatic carbocycles. The number of anilines is 2. The largest absolute Gasteiger partial charge is 0.495 e. The fourth-order valence-electron chi connectivity index (χ4n) is 10.8. The molecule has 4 aromatic rings. The number of carbonyl (C=O) groups is 4. The van der Waals surface area contributed by atoms with Gasteiger partial charge in [0.15, 0.2) is 0 Å². The van der Waals surface area contributed by atoms with Crippen LogP contribution < -0.4 is 20.7 Å². The lowest BCUT2D eigenvalue weighted by Crippen LogP contribution is -2.54. The molecule has 1 saturated heterocycles. The topological polar surface area (TPSA) is 146 Å². The fourth-order valence-corrected chi connectivity index (χ4v) is 12.0. The number of pyridine rings is 1. The molecule has 4 fully saturated rings. The van der Waals surface area contributed by atoms with E-state index >= 15 is 0 Å². The molecule has 3 saturated carbocycles. The highest BCUT2D eigenvalue weighted by atomic mass is 32.1. The Balaban J connectivity index is 0.720. The normalized spacial score (nSPS) is 26.5. The molecule has 1 unspecified atom stereocenters. The maximum atomic E-state index is 13.5. The third-order valence-corrected chi connectivity index (χ3v) is 15.3. The Morgan fingerprint density at radius 2 is 1.66 bits per heavy atom. The van der Waals surface area contributed by atoms with Crippen molar-refractivity contribution in [2.75, 3.05) is 37.9 Å². The molecule has 4 heterocycles. The number of piperidine rings is 1. The van der Waals surface area contributed by atoms with Gasteiger partial charge < -0.3 is 20.3 Å². The molecular formula is C46H52F3N7O5S. The Labute approximate surface area is 362 Å². The summed E-state index contributed by atoms with van der Waals surface area (Å²) in [6, 6.07) is 12.6. The number of benzene rings is 2. The number of amides is 4. The van der Waals surface area contributed by atoms with Crippen LogP contribution in [0.25, 0.3) is 10.2 Å². The number of halogens is 3. The third-order valence-electron chi connectivity index (χ3n) is 14.2. The molecule has 0 bridgehead atoms. The summed E-state index contributed by atoms with van der Waals surface area (Å²) in [5, 5.41) is 10.1. The molecule has 4 amide bonds. The zero-order valence-corrected chi connectivity index (χ0v) is 35.8. The summed E-state index contributed by atoms with van der Waals surface area (Å²) >= 11 is 1.69. The van der Waals surface area contributed by atoms with Crippen LogP contribution in [0.3, 0.4) is 0 Å². The number of carbonyl (C=O) groups excluding carboxylic acids is 4. The monoisotopic (exact) mass is 871 g/mol. The van der Waals surface area contributed by atoms with E-state index in [1.165, 1.54) is 31.7 Å². The summed E-state index contributed by atoms with van der Waals surface area (Å²) in [4.78, 5) is 63.4. The van der Waals surface area contributed by atoms with Crippen molar-refractivity contribution in [3.05, 3.63) is 76.1 Å². The number of imide groups is 2. The fraction of sp³-hybridized carbons (Fsp3) is 0.522. The highest BCUT2D eigenvalue weighted by molar-refractivity contribution is 7.18. The lowest BCUT2D eigenvalue weighted by Gasteiger charge is -2.53. The number of fused-ring (bicyclic) bond motifs is 2. The number of methoxy groups -OCH3 is 1. The number of thiazole rings is 1. The number of nitrogens with one attached hydrogen (secondary N) is 3. The van der Waals surface area contributed by atoms with Crippen LogP contribution in [-0.2, 0) is 22.3 Å². The van der Waals surface area contributed by atoms with Gasteiger partial charge in [-0.05, 0) is 125 Å². The first kappa shape index (κ1) is 42.2. The van der Waals surface area contributed by atoms with Crippen molar-refractivity contribution in [1.29, 1.82) is 0 Å². The summed E-state index contributed by atoms with van der Waals surface area (Å²) < 4.78 is 46.2. The first-order valence-corrected chi connectivity index (χ1v) is 22.6. The highest BCUT2D eigenvalue weighted by Crippen LogP contribution is 2.55. The van der Waals surface area contributed by atoms with Crippen molar-refractivity contribution >= 4 is 56.6 Å². The van der Waals surface area contributed by atoms with Crippen molar-refractivity contribution < 1.29 is 37.1 Å². The van der Waals surface area contributed by atoms with Crippen LogP contribution in [0.5, 0.6) is 5.75 Å².